The van der Waals surface area contributed by atoms with Crippen LogP contribution < -0.4 is 10.1 Å². The highest BCUT2D eigenvalue weighted by atomic mass is 16.5. The fourth-order valence-corrected chi connectivity index (χ4v) is 3.10. The van der Waals surface area contributed by atoms with E-state index in [1.807, 2.05) is 68.4 Å². The second-order valence-electron chi connectivity index (χ2n) is 6.52. The van der Waals surface area contributed by atoms with E-state index < -0.39 is 5.97 Å². The Bertz CT molecular complexity index is 1000. The number of hydrogen-bond donors (Lipinski definition) is 1. The van der Waals surface area contributed by atoms with Crippen LogP contribution in [0.25, 0.3) is 10.9 Å². The van der Waals surface area contributed by atoms with Crippen LogP contribution in [0.4, 0.5) is 0 Å². The van der Waals surface area contributed by atoms with Gasteiger partial charge in [-0.1, -0.05) is 43.3 Å². The number of nitrogens with zero attached hydrogens (tertiary/aromatic N) is 1. The van der Waals surface area contributed by atoms with Gasteiger partial charge in [-0.15, -0.1) is 0 Å². The summed E-state index contributed by atoms with van der Waals surface area (Å²) in [6.45, 7) is 4.12. The van der Waals surface area contributed by atoms with Gasteiger partial charge < -0.3 is 14.8 Å². The number of aryl methyl sites for hydroxylation is 2. The van der Waals surface area contributed by atoms with Gasteiger partial charge in [-0.2, -0.15) is 0 Å². The lowest BCUT2D eigenvalue weighted by Crippen LogP contribution is -2.32. The lowest BCUT2D eigenvalue weighted by molar-refractivity contribution is -0.124. The summed E-state index contributed by atoms with van der Waals surface area (Å²) in [5.41, 5.74) is 2.76. The van der Waals surface area contributed by atoms with Crippen molar-refractivity contribution in [1.29, 1.82) is 0 Å². The highest BCUT2D eigenvalue weighted by Crippen LogP contribution is 2.24. The maximum Gasteiger partial charge on any atom is 0.340 e. The molecule has 1 heterocycles. The van der Waals surface area contributed by atoms with E-state index in [-0.39, 0.29) is 12.5 Å². The Morgan fingerprint density at radius 3 is 2.52 bits per heavy atom. The molecule has 0 atom stereocenters. The van der Waals surface area contributed by atoms with Crippen molar-refractivity contribution >= 4 is 22.8 Å². The number of carbonyl (C=O) groups excluding carboxylic acids is 2. The minimum absolute atomic E-state index is 0.321. The van der Waals surface area contributed by atoms with E-state index in [1.54, 1.807) is 0 Å². The van der Waals surface area contributed by atoms with Crippen molar-refractivity contribution in [1.82, 2.24) is 10.3 Å². The average molecular weight is 392 g/mol. The number of hydrogen-bond acceptors (Lipinski definition) is 5. The Labute approximate surface area is 169 Å². The number of aromatic nitrogens is 1. The molecule has 0 aliphatic rings. The molecule has 0 unspecified atom stereocenters. The van der Waals surface area contributed by atoms with E-state index >= 15 is 0 Å². The van der Waals surface area contributed by atoms with Crippen molar-refractivity contribution in [3.8, 4) is 5.75 Å². The summed E-state index contributed by atoms with van der Waals surface area (Å²) in [7, 11) is 0. The minimum atomic E-state index is -0.534. The zero-order valence-electron chi connectivity index (χ0n) is 16.6. The summed E-state index contributed by atoms with van der Waals surface area (Å²) in [6.07, 6.45) is 0.596. The molecule has 0 aliphatic carbocycles. The zero-order valence-corrected chi connectivity index (χ0v) is 16.6. The number of carbonyl (C=O) groups is 2. The molecule has 2 aromatic carbocycles. The molecule has 0 radical (unpaired) electrons. The molecule has 1 N–H and O–H groups in total. The molecule has 29 heavy (non-hydrogen) atoms. The van der Waals surface area contributed by atoms with E-state index in [0.717, 1.165) is 22.2 Å². The maximum absolute atomic E-state index is 12.6. The van der Waals surface area contributed by atoms with Crippen molar-refractivity contribution in [2.45, 2.75) is 20.3 Å². The van der Waals surface area contributed by atoms with Crippen LogP contribution in [-0.2, 0) is 16.0 Å². The Morgan fingerprint density at radius 1 is 1.03 bits per heavy atom. The molecule has 3 aromatic rings. The van der Waals surface area contributed by atoms with E-state index in [9.17, 15) is 9.59 Å². The molecule has 0 saturated heterocycles. The van der Waals surface area contributed by atoms with Crippen LogP contribution in [0.3, 0.4) is 0 Å². The molecule has 6 heteroatoms. The second-order valence-corrected chi connectivity index (χ2v) is 6.52. The molecular formula is C23H24N2O4. The smallest absolute Gasteiger partial charge is 0.340 e. The lowest BCUT2D eigenvalue weighted by atomic mass is 10.0. The second kappa shape index (κ2) is 9.68. The van der Waals surface area contributed by atoms with Crippen LogP contribution in [0, 0.1) is 6.92 Å². The molecule has 150 valence electrons. The summed E-state index contributed by atoms with van der Waals surface area (Å²) in [4.78, 5) is 29.2. The van der Waals surface area contributed by atoms with Gasteiger partial charge >= 0.3 is 5.97 Å². The SMILES string of the molecule is CCc1nc2ccccc2c(C)c1C(=O)OCC(=O)NCCOc1ccccc1. The predicted molar refractivity (Wildman–Crippen MR) is 111 cm³/mol. The number of para-hydroxylation sites is 2. The summed E-state index contributed by atoms with van der Waals surface area (Å²) in [5.74, 6) is -0.174. The molecule has 0 aliphatic heterocycles. The molecule has 1 aromatic heterocycles. The predicted octanol–water partition coefficient (Wildman–Crippen LogP) is 3.46. The van der Waals surface area contributed by atoms with Gasteiger partial charge in [-0.05, 0) is 37.1 Å². The lowest BCUT2D eigenvalue weighted by Gasteiger charge is -2.13. The van der Waals surface area contributed by atoms with Crippen LogP contribution in [0.2, 0.25) is 0 Å². The van der Waals surface area contributed by atoms with E-state index in [0.29, 0.717) is 30.8 Å². The number of nitrogens with one attached hydrogen (secondary N) is 1. The highest BCUT2D eigenvalue weighted by Gasteiger charge is 2.20. The third-order valence-corrected chi connectivity index (χ3v) is 4.54. The third kappa shape index (κ3) is 5.10. The van der Waals surface area contributed by atoms with Crippen LogP contribution in [0.5, 0.6) is 5.75 Å². The molecule has 0 fully saturated rings. The Hall–Kier alpha value is -3.41. The van der Waals surface area contributed by atoms with Crippen molar-refractivity contribution in [2.24, 2.45) is 0 Å². The zero-order chi connectivity index (χ0) is 20.6. The van der Waals surface area contributed by atoms with E-state index in [4.69, 9.17) is 9.47 Å². The van der Waals surface area contributed by atoms with Crippen molar-refractivity contribution < 1.29 is 19.1 Å². The molecule has 0 bridgehead atoms. The fraction of sp³-hybridized carbons (Fsp3) is 0.261. The minimum Gasteiger partial charge on any atom is -0.492 e. The Kier molecular flexibility index (Phi) is 6.79. The largest absolute Gasteiger partial charge is 0.492 e. The quantitative estimate of drug-likeness (QED) is 0.469. The van der Waals surface area contributed by atoms with Crippen molar-refractivity contribution in [3.63, 3.8) is 0 Å². The first kappa shape index (κ1) is 20.3. The first-order valence-corrected chi connectivity index (χ1v) is 9.60. The average Bonchev–Trinajstić information content (AvgIpc) is 2.75. The van der Waals surface area contributed by atoms with E-state index in [1.165, 1.54) is 0 Å². The Balaban J connectivity index is 1.55. The number of ether oxygens (including phenoxy) is 2. The van der Waals surface area contributed by atoms with Crippen LogP contribution >= 0.6 is 0 Å². The number of fused-ring (bicyclic) bond motifs is 1. The van der Waals surface area contributed by atoms with Crippen molar-refractivity contribution in [3.05, 3.63) is 71.4 Å². The summed E-state index contributed by atoms with van der Waals surface area (Å²) >= 11 is 0. The van der Waals surface area contributed by atoms with Gasteiger partial charge in [0.2, 0.25) is 0 Å². The third-order valence-electron chi connectivity index (χ3n) is 4.54. The number of amides is 1. The standard InChI is InChI=1S/C23H24N2O4/c1-3-19-22(16(2)18-11-7-8-12-20(18)25-19)23(27)29-15-21(26)24-13-14-28-17-9-5-4-6-10-17/h4-12H,3,13-15H2,1-2H3,(H,24,26). The number of pyridine rings is 1. The normalized spacial score (nSPS) is 10.6. The summed E-state index contributed by atoms with van der Waals surface area (Å²) in [6, 6.07) is 17.0. The van der Waals surface area contributed by atoms with Crippen molar-refractivity contribution in [2.75, 3.05) is 19.8 Å². The molecule has 0 spiro atoms. The van der Waals surface area contributed by atoms with Gasteiger partial charge in [0.15, 0.2) is 6.61 Å². The summed E-state index contributed by atoms with van der Waals surface area (Å²) in [5, 5.41) is 3.58. The maximum atomic E-state index is 12.6. The Morgan fingerprint density at radius 2 is 1.76 bits per heavy atom. The molecule has 3 rings (SSSR count). The van der Waals surface area contributed by atoms with Gasteiger partial charge in [-0.25, -0.2) is 4.79 Å². The van der Waals surface area contributed by atoms with Crippen LogP contribution in [0.15, 0.2) is 54.6 Å². The van der Waals surface area contributed by atoms with Gasteiger partial charge in [0, 0.05) is 5.39 Å². The van der Waals surface area contributed by atoms with E-state index in [2.05, 4.69) is 10.3 Å². The number of rotatable bonds is 8. The van der Waals surface area contributed by atoms with Crippen LogP contribution in [-0.4, -0.2) is 36.6 Å². The van der Waals surface area contributed by atoms with Gasteiger partial charge in [0.05, 0.1) is 23.3 Å². The monoisotopic (exact) mass is 392 g/mol. The number of benzene rings is 2. The first-order valence-electron chi connectivity index (χ1n) is 9.60. The molecular weight excluding hydrogens is 368 g/mol. The molecule has 6 nitrogen and oxygen atoms in total. The summed E-state index contributed by atoms with van der Waals surface area (Å²) < 4.78 is 10.8. The van der Waals surface area contributed by atoms with Crippen LogP contribution in [0.1, 0.15) is 28.5 Å². The molecule has 0 saturated carbocycles. The topological polar surface area (TPSA) is 77.5 Å². The highest BCUT2D eigenvalue weighted by molar-refractivity contribution is 5.99. The molecule has 1 amide bonds. The number of esters is 1. The fourth-order valence-electron chi connectivity index (χ4n) is 3.10. The van der Waals surface area contributed by atoms with Gasteiger partial charge in [-0.3, -0.25) is 9.78 Å². The first-order chi connectivity index (χ1) is 14.1. The van der Waals surface area contributed by atoms with Gasteiger partial charge in [0.1, 0.15) is 12.4 Å². The van der Waals surface area contributed by atoms with Gasteiger partial charge in [0.25, 0.3) is 5.91 Å².